The number of unbranched alkanes of at least 4 members (excludes halogenated alkanes) is 1. The lowest BCUT2D eigenvalue weighted by molar-refractivity contribution is -0.354. The molecule has 250 valence electrons. The first-order valence-corrected chi connectivity index (χ1v) is 16.3. The molecule has 4 fully saturated rings. The third-order valence-electron chi connectivity index (χ3n) is 9.39. The van der Waals surface area contributed by atoms with Crippen LogP contribution in [0.2, 0.25) is 0 Å². The second-order valence-corrected chi connectivity index (χ2v) is 13.2. The summed E-state index contributed by atoms with van der Waals surface area (Å²) < 4.78 is 36.5. The lowest BCUT2D eigenvalue weighted by Crippen LogP contribution is -2.56. The minimum Gasteiger partial charge on any atom is -0.390 e. The van der Waals surface area contributed by atoms with E-state index in [1.807, 2.05) is 18.7 Å². The molecule has 4 saturated heterocycles. The second kappa shape index (κ2) is 16.1. The quantitative estimate of drug-likeness (QED) is 0.251. The molecule has 12 heteroatoms. The fourth-order valence-corrected chi connectivity index (χ4v) is 6.22. The highest BCUT2D eigenvalue weighted by Crippen LogP contribution is 2.33. The molecule has 0 saturated carbocycles. The molecule has 0 radical (unpaired) electrons. The van der Waals surface area contributed by atoms with Gasteiger partial charge in [-0.3, -0.25) is 4.79 Å². The second-order valence-electron chi connectivity index (χ2n) is 13.2. The van der Waals surface area contributed by atoms with Gasteiger partial charge in [0.05, 0.1) is 42.7 Å². The van der Waals surface area contributed by atoms with Gasteiger partial charge < -0.3 is 53.7 Å². The van der Waals surface area contributed by atoms with E-state index in [1.165, 1.54) is 0 Å². The number of nitrogens with zero attached hydrogens (tertiary/aromatic N) is 1. The molecule has 12 nitrogen and oxygen atoms in total. The first-order chi connectivity index (χ1) is 20.4. The van der Waals surface area contributed by atoms with E-state index in [0.29, 0.717) is 18.8 Å². The monoisotopic (exact) mass is 617 g/mol. The summed E-state index contributed by atoms with van der Waals surface area (Å²) in [6, 6.07) is 0. The number of hydrogen-bond acceptors (Lipinski definition) is 11. The molecule has 1 amide bonds. The van der Waals surface area contributed by atoms with Gasteiger partial charge in [-0.15, -0.1) is 0 Å². The number of aliphatic hydroxyl groups is 4. The van der Waals surface area contributed by atoms with Crippen LogP contribution in [0.3, 0.4) is 0 Å². The summed E-state index contributed by atoms with van der Waals surface area (Å²) in [5.74, 6) is 0.917. The molecule has 0 aromatic rings. The summed E-state index contributed by atoms with van der Waals surface area (Å²) in [4.78, 5) is 14.6. The zero-order chi connectivity index (χ0) is 31.3. The zero-order valence-corrected chi connectivity index (χ0v) is 26.5. The normalized spacial score (nSPS) is 42.1. The summed E-state index contributed by atoms with van der Waals surface area (Å²) in [6.07, 6.45) is -3.54. The molecule has 13 atom stereocenters. The van der Waals surface area contributed by atoms with Crippen LogP contribution in [0, 0.1) is 5.92 Å². The Morgan fingerprint density at radius 3 is 1.86 bits per heavy atom. The molecular weight excluding hydrogens is 562 g/mol. The molecular formula is C31H55NO11. The molecule has 0 bridgehead atoms. The lowest BCUT2D eigenvalue weighted by Gasteiger charge is -2.45. The van der Waals surface area contributed by atoms with Gasteiger partial charge in [0.2, 0.25) is 5.91 Å². The molecule has 0 aromatic heterocycles. The summed E-state index contributed by atoms with van der Waals surface area (Å²) in [5, 5.41) is 41.2. The van der Waals surface area contributed by atoms with Gasteiger partial charge in [0.25, 0.3) is 0 Å². The fourth-order valence-electron chi connectivity index (χ4n) is 6.22. The number of hydrogen-bond donors (Lipinski definition) is 4. The SMILES string of the molecule is CC1CCN(C(=O)CCCC[C@@H](C)O[C@@H]2O[C@@H](C)[C@H](O[C@@H]3O[C@@H](C)[C@H](O)C[C@H]3O)C[C@H]2O[C@@H]2O[C@@H](C)[C@H](O)C[C@H]2O)CC1. The number of ether oxygens (including phenoxy) is 6. The summed E-state index contributed by atoms with van der Waals surface area (Å²) in [5.41, 5.74) is 0. The van der Waals surface area contributed by atoms with Gasteiger partial charge in [-0.1, -0.05) is 13.3 Å². The third kappa shape index (κ3) is 9.78. The standard InChI is InChI=1S/C31H55NO11/c1-17-10-12-32(13-11-17)28(37)9-7-6-8-18(2)38-31-27(43-30-25(36)15-23(34)20(4)40-30)16-26(21(5)41-31)42-29-24(35)14-22(33)19(3)39-29/h17-27,29-31,33-36H,6-16H2,1-5H3/t18-,19+,20+,21+,22-,23-,24-,25-,26-,27-,29+,30+,31-/m1/s1. The average Bonchev–Trinajstić information content (AvgIpc) is 2.95. The number of amides is 1. The number of carbonyl (C=O) groups excluding carboxylic acids is 1. The molecule has 4 aliphatic heterocycles. The van der Waals surface area contributed by atoms with Gasteiger partial charge in [-0.05, 0) is 59.3 Å². The lowest BCUT2D eigenvalue weighted by atomic mass is 9.99. The molecule has 43 heavy (non-hydrogen) atoms. The van der Waals surface area contributed by atoms with Crippen molar-refractivity contribution in [3.05, 3.63) is 0 Å². The van der Waals surface area contributed by atoms with Gasteiger partial charge in [0.1, 0.15) is 18.3 Å². The Kier molecular flexibility index (Phi) is 13.1. The van der Waals surface area contributed by atoms with Crippen molar-refractivity contribution >= 4 is 5.91 Å². The Morgan fingerprint density at radius 2 is 1.28 bits per heavy atom. The van der Waals surface area contributed by atoms with E-state index in [9.17, 15) is 25.2 Å². The molecule has 4 aliphatic rings. The van der Waals surface area contributed by atoms with E-state index in [1.54, 1.807) is 13.8 Å². The summed E-state index contributed by atoms with van der Waals surface area (Å²) in [6.45, 7) is 11.2. The highest BCUT2D eigenvalue weighted by Gasteiger charge is 2.45. The molecule has 0 unspecified atom stereocenters. The minimum absolute atomic E-state index is 0.120. The topological polar surface area (TPSA) is 157 Å². The van der Waals surface area contributed by atoms with Crippen LogP contribution >= 0.6 is 0 Å². The number of piperidine rings is 1. The maximum absolute atomic E-state index is 12.6. The van der Waals surface area contributed by atoms with Gasteiger partial charge in [-0.25, -0.2) is 0 Å². The highest BCUT2D eigenvalue weighted by molar-refractivity contribution is 5.76. The number of rotatable bonds is 11. The van der Waals surface area contributed by atoms with Crippen molar-refractivity contribution in [2.75, 3.05) is 13.1 Å². The molecule has 0 aromatic carbocycles. The molecule has 0 spiro atoms. The summed E-state index contributed by atoms with van der Waals surface area (Å²) in [7, 11) is 0. The molecule has 0 aliphatic carbocycles. The zero-order valence-electron chi connectivity index (χ0n) is 26.5. The number of aliphatic hydroxyl groups excluding tert-OH is 4. The predicted octanol–water partition coefficient (Wildman–Crippen LogP) is 1.83. The van der Waals surface area contributed by atoms with E-state index in [-0.39, 0.29) is 24.9 Å². The third-order valence-corrected chi connectivity index (χ3v) is 9.39. The van der Waals surface area contributed by atoms with E-state index in [0.717, 1.165) is 45.2 Å². The van der Waals surface area contributed by atoms with Crippen LogP contribution in [0.1, 0.15) is 92.4 Å². The van der Waals surface area contributed by atoms with Crippen LogP contribution in [0.4, 0.5) is 0 Å². The van der Waals surface area contributed by atoms with Gasteiger partial charge in [-0.2, -0.15) is 0 Å². The predicted molar refractivity (Wildman–Crippen MR) is 155 cm³/mol. The van der Waals surface area contributed by atoms with Crippen LogP contribution in [-0.2, 0) is 33.2 Å². The maximum Gasteiger partial charge on any atom is 0.222 e. The van der Waals surface area contributed by atoms with Gasteiger partial charge in [0, 0.05) is 38.8 Å². The van der Waals surface area contributed by atoms with Crippen LogP contribution in [-0.4, -0.2) is 124 Å². The molecule has 4 N–H and O–H groups in total. The Bertz CT molecular complexity index is 858. The Balaban J connectivity index is 1.32. The minimum atomic E-state index is -1.03. The van der Waals surface area contributed by atoms with E-state index in [2.05, 4.69) is 6.92 Å². The van der Waals surface area contributed by atoms with Crippen LogP contribution < -0.4 is 0 Å². The smallest absolute Gasteiger partial charge is 0.222 e. The van der Waals surface area contributed by atoms with Crippen LogP contribution in [0.5, 0.6) is 0 Å². The first kappa shape index (κ1) is 34.9. The average molecular weight is 618 g/mol. The van der Waals surface area contributed by atoms with Gasteiger partial charge >= 0.3 is 0 Å². The van der Waals surface area contributed by atoms with E-state index in [4.69, 9.17) is 28.4 Å². The van der Waals surface area contributed by atoms with Gasteiger partial charge in [0.15, 0.2) is 18.9 Å². The Labute approximate surface area is 255 Å². The van der Waals surface area contributed by atoms with Crippen molar-refractivity contribution in [2.24, 2.45) is 5.92 Å². The summed E-state index contributed by atoms with van der Waals surface area (Å²) >= 11 is 0. The van der Waals surface area contributed by atoms with Crippen molar-refractivity contribution in [3.63, 3.8) is 0 Å². The number of likely N-dealkylation sites (tertiary alicyclic amines) is 1. The number of carbonyl (C=O) groups is 1. The Morgan fingerprint density at radius 1 is 0.744 bits per heavy atom. The van der Waals surface area contributed by atoms with Crippen LogP contribution in [0.15, 0.2) is 0 Å². The maximum atomic E-state index is 12.6. The largest absolute Gasteiger partial charge is 0.390 e. The van der Waals surface area contributed by atoms with Crippen molar-refractivity contribution < 1.29 is 53.6 Å². The van der Waals surface area contributed by atoms with Crippen molar-refractivity contribution in [1.82, 2.24) is 4.90 Å². The highest BCUT2D eigenvalue weighted by atomic mass is 16.8. The fraction of sp³-hybridized carbons (Fsp3) is 0.968. The Hall–Kier alpha value is -0.930. The van der Waals surface area contributed by atoms with E-state index < -0.39 is 73.8 Å². The first-order valence-electron chi connectivity index (χ1n) is 16.3. The molecule has 4 heterocycles. The van der Waals surface area contributed by atoms with Crippen LogP contribution in [0.25, 0.3) is 0 Å². The molecule has 4 rings (SSSR count). The van der Waals surface area contributed by atoms with Crippen molar-refractivity contribution in [3.8, 4) is 0 Å². The van der Waals surface area contributed by atoms with Crippen molar-refractivity contribution in [2.45, 2.75) is 172 Å². The van der Waals surface area contributed by atoms with E-state index >= 15 is 0 Å². The van der Waals surface area contributed by atoms with Crippen molar-refractivity contribution in [1.29, 1.82) is 0 Å².